The summed E-state index contributed by atoms with van der Waals surface area (Å²) < 4.78 is 5.38. The number of rotatable bonds is 8. The molecule has 0 aromatic rings. The summed E-state index contributed by atoms with van der Waals surface area (Å²) in [5.41, 5.74) is 0. The molecule has 0 spiro atoms. The Morgan fingerprint density at radius 3 is 2.07 bits per heavy atom. The first kappa shape index (κ1) is 14.8. The van der Waals surface area contributed by atoms with Crippen molar-refractivity contribution in [2.24, 2.45) is 0 Å². The Morgan fingerprint density at radius 1 is 1.14 bits per heavy atom. The molecule has 0 fully saturated rings. The van der Waals surface area contributed by atoms with Gasteiger partial charge in [-0.25, -0.2) is 0 Å². The Bertz CT molecular complexity index is 129. The summed E-state index contributed by atoms with van der Waals surface area (Å²) >= 11 is 0. The molecule has 0 amide bonds. The Morgan fingerprint density at radius 2 is 1.71 bits per heavy atom. The summed E-state index contributed by atoms with van der Waals surface area (Å²) in [4.78, 5) is 9.93. The first-order valence-corrected chi connectivity index (χ1v) is 8.62. The van der Waals surface area contributed by atoms with Gasteiger partial charge in [-0.2, -0.15) is 0 Å². The molecule has 2 unspecified atom stereocenters. The molecule has 0 aromatic carbocycles. The van der Waals surface area contributed by atoms with Crippen LogP contribution < -0.4 is 0 Å². The fourth-order valence-electron chi connectivity index (χ4n) is 1.55. The van der Waals surface area contributed by atoms with Crippen LogP contribution in [0.4, 0.5) is 0 Å². The van der Waals surface area contributed by atoms with Gasteiger partial charge < -0.3 is 9.42 Å². The molecule has 1 N–H and O–H groups in total. The van der Waals surface area contributed by atoms with Crippen molar-refractivity contribution >= 4 is 16.3 Å². The minimum absolute atomic E-state index is 0.0227. The van der Waals surface area contributed by atoms with E-state index in [0.29, 0.717) is 12.0 Å². The van der Waals surface area contributed by atoms with Gasteiger partial charge in [0.1, 0.15) is 0 Å². The van der Waals surface area contributed by atoms with Crippen LogP contribution in [0.25, 0.3) is 0 Å². The molecule has 0 aliphatic rings. The van der Waals surface area contributed by atoms with Crippen molar-refractivity contribution < 1.29 is 9.42 Å². The molecule has 0 saturated heterocycles. The molecule has 4 heteroatoms. The lowest BCUT2D eigenvalue weighted by molar-refractivity contribution is 0.326. The lowest BCUT2D eigenvalue weighted by Gasteiger charge is -2.28. The van der Waals surface area contributed by atoms with E-state index in [4.69, 9.17) is 4.52 Å². The van der Waals surface area contributed by atoms with E-state index in [1.54, 1.807) is 0 Å². The van der Waals surface area contributed by atoms with Crippen molar-refractivity contribution in [2.45, 2.75) is 45.9 Å². The largest absolute Gasteiger partial charge is 0.349 e. The molecule has 0 bridgehead atoms. The maximum atomic E-state index is 9.93. The third-order valence-corrected chi connectivity index (χ3v) is 7.89. The second-order valence-corrected chi connectivity index (χ2v) is 8.17. The first-order valence-electron chi connectivity index (χ1n) is 5.56. The van der Waals surface area contributed by atoms with Gasteiger partial charge in [0.25, 0.3) is 0 Å². The van der Waals surface area contributed by atoms with Crippen LogP contribution in [0.2, 0.25) is 0 Å². The van der Waals surface area contributed by atoms with E-state index in [-0.39, 0.29) is 7.92 Å². The highest BCUT2D eigenvalue weighted by molar-refractivity contribution is 7.71. The standard InChI is InChI=1S/C10H24O2P2/c1-5-9-10(13(7-3)8-4)14(11)12-6-2/h10-11H,5-9H2,1-4H3. The summed E-state index contributed by atoms with van der Waals surface area (Å²) in [6, 6.07) is 0. The van der Waals surface area contributed by atoms with Crippen molar-refractivity contribution in [1.82, 2.24) is 0 Å². The van der Waals surface area contributed by atoms with Crippen molar-refractivity contribution in [1.29, 1.82) is 0 Å². The van der Waals surface area contributed by atoms with E-state index in [1.807, 2.05) is 6.92 Å². The predicted molar refractivity (Wildman–Crippen MR) is 67.5 cm³/mol. The molecule has 0 saturated carbocycles. The highest BCUT2D eigenvalue weighted by Gasteiger charge is 2.26. The minimum Gasteiger partial charge on any atom is -0.349 e. The minimum atomic E-state index is -1.17. The van der Waals surface area contributed by atoms with Crippen LogP contribution in [-0.4, -0.2) is 29.2 Å². The summed E-state index contributed by atoms with van der Waals surface area (Å²) in [7, 11) is -1.19. The Balaban J connectivity index is 4.23. The number of hydrogen-bond acceptors (Lipinski definition) is 2. The summed E-state index contributed by atoms with van der Waals surface area (Å²) in [6.45, 7) is 9.23. The van der Waals surface area contributed by atoms with Gasteiger partial charge in [-0.05, 0) is 25.7 Å². The van der Waals surface area contributed by atoms with Crippen molar-refractivity contribution in [3.05, 3.63) is 0 Å². The molecule has 0 heterocycles. The zero-order chi connectivity index (χ0) is 11.0. The molecule has 14 heavy (non-hydrogen) atoms. The zero-order valence-corrected chi connectivity index (χ0v) is 11.7. The van der Waals surface area contributed by atoms with Crippen molar-refractivity contribution in [3.63, 3.8) is 0 Å². The SMILES string of the molecule is CCCC(P(CC)CC)P(O)OCC. The van der Waals surface area contributed by atoms with Gasteiger partial charge in [-0.1, -0.05) is 35.1 Å². The molecule has 86 valence electrons. The average Bonchev–Trinajstić information content (AvgIpc) is 2.18. The lowest BCUT2D eigenvalue weighted by Crippen LogP contribution is -2.08. The normalized spacial score (nSPS) is 15.9. The molecule has 0 aliphatic heterocycles. The third kappa shape index (κ3) is 5.03. The molecule has 2 atom stereocenters. The number of hydrogen-bond donors (Lipinski definition) is 1. The Kier molecular flexibility index (Phi) is 9.54. The average molecular weight is 238 g/mol. The van der Waals surface area contributed by atoms with Crippen LogP contribution in [0.5, 0.6) is 0 Å². The maximum Gasteiger partial charge on any atom is 0.175 e. The quantitative estimate of drug-likeness (QED) is 0.648. The molecular weight excluding hydrogens is 214 g/mol. The third-order valence-electron chi connectivity index (χ3n) is 2.30. The van der Waals surface area contributed by atoms with Gasteiger partial charge in [0, 0.05) is 5.40 Å². The van der Waals surface area contributed by atoms with E-state index >= 15 is 0 Å². The second kappa shape index (κ2) is 9.04. The smallest absolute Gasteiger partial charge is 0.175 e. The summed E-state index contributed by atoms with van der Waals surface area (Å²) in [6.07, 6.45) is 4.69. The Hall–Kier alpha value is 0.780. The topological polar surface area (TPSA) is 29.5 Å². The summed E-state index contributed by atoms with van der Waals surface area (Å²) in [5.74, 6) is 0. The predicted octanol–water partition coefficient (Wildman–Crippen LogP) is 3.98. The van der Waals surface area contributed by atoms with E-state index < -0.39 is 8.38 Å². The molecule has 0 rings (SSSR count). The molecule has 0 radical (unpaired) electrons. The highest BCUT2D eigenvalue weighted by Crippen LogP contribution is 2.58. The van der Waals surface area contributed by atoms with E-state index in [9.17, 15) is 4.89 Å². The molecule has 0 aliphatic carbocycles. The first-order chi connectivity index (χ1) is 6.71. The van der Waals surface area contributed by atoms with Crippen LogP contribution in [0.15, 0.2) is 0 Å². The molecule has 2 nitrogen and oxygen atoms in total. The van der Waals surface area contributed by atoms with Gasteiger partial charge in [-0.15, -0.1) is 0 Å². The van der Waals surface area contributed by atoms with E-state index in [0.717, 1.165) is 12.8 Å². The van der Waals surface area contributed by atoms with Crippen molar-refractivity contribution in [2.75, 3.05) is 18.9 Å². The monoisotopic (exact) mass is 238 g/mol. The Labute approximate surface area is 91.1 Å². The van der Waals surface area contributed by atoms with Gasteiger partial charge in [0.2, 0.25) is 0 Å². The van der Waals surface area contributed by atoms with Crippen LogP contribution in [-0.2, 0) is 4.52 Å². The molecule has 0 aromatic heterocycles. The lowest BCUT2D eigenvalue weighted by atomic mass is 10.4. The van der Waals surface area contributed by atoms with Gasteiger partial charge >= 0.3 is 0 Å². The van der Waals surface area contributed by atoms with Crippen LogP contribution in [0, 0.1) is 0 Å². The van der Waals surface area contributed by atoms with Crippen molar-refractivity contribution in [3.8, 4) is 0 Å². The van der Waals surface area contributed by atoms with E-state index in [1.165, 1.54) is 12.3 Å². The molecular formula is C10H24O2P2. The zero-order valence-electron chi connectivity index (χ0n) is 9.86. The fraction of sp³-hybridized carbons (Fsp3) is 1.00. The van der Waals surface area contributed by atoms with Crippen LogP contribution in [0.1, 0.15) is 40.5 Å². The highest BCUT2D eigenvalue weighted by atomic mass is 31.2. The van der Waals surface area contributed by atoms with Gasteiger partial charge in [0.15, 0.2) is 8.38 Å². The van der Waals surface area contributed by atoms with Crippen LogP contribution in [0.3, 0.4) is 0 Å². The van der Waals surface area contributed by atoms with Gasteiger partial charge in [0.05, 0.1) is 6.61 Å². The fourth-order valence-corrected chi connectivity index (χ4v) is 6.68. The second-order valence-electron chi connectivity index (χ2n) is 3.21. The van der Waals surface area contributed by atoms with Crippen LogP contribution >= 0.6 is 16.3 Å². The summed E-state index contributed by atoms with van der Waals surface area (Å²) in [5, 5.41) is 0.444. The maximum absolute atomic E-state index is 9.93. The van der Waals surface area contributed by atoms with Gasteiger partial charge in [-0.3, -0.25) is 0 Å². The van der Waals surface area contributed by atoms with E-state index in [2.05, 4.69) is 20.8 Å².